The van der Waals surface area contributed by atoms with Gasteiger partial charge >= 0.3 is 0 Å². The number of halogens is 2. The smallest absolute Gasteiger partial charge is 0.265 e. The van der Waals surface area contributed by atoms with E-state index in [0.29, 0.717) is 24.6 Å². The number of hydrogen-bond donors (Lipinski definition) is 0. The Hall–Kier alpha value is -2.97. The highest BCUT2D eigenvalue weighted by Gasteiger charge is 2.26. The number of anilines is 1. The Kier molecular flexibility index (Phi) is 7.57. The largest absolute Gasteiger partial charge is 0.497 e. The van der Waals surface area contributed by atoms with Gasteiger partial charge in [0.25, 0.3) is 5.91 Å². The molecule has 0 spiro atoms. The summed E-state index contributed by atoms with van der Waals surface area (Å²) < 4.78 is 37.8. The van der Waals surface area contributed by atoms with Crippen molar-refractivity contribution in [2.45, 2.75) is 6.42 Å². The molecule has 2 aliphatic rings. The number of fused-ring (bicyclic) bond motifs is 1. The van der Waals surface area contributed by atoms with Crippen LogP contribution in [-0.4, -0.2) is 75.2 Å². The lowest BCUT2D eigenvalue weighted by Crippen LogP contribution is -2.47. The van der Waals surface area contributed by atoms with E-state index in [1.54, 1.807) is 18.1 Å². The highest BCUT2D eigenvalue weighted by molar-refractivity contribution is 5.98. The molecule has 0 aromatic heterocycles. The molecule has 2 aromatic rings. The van der Waals surface area contributed by atoms with Gasteiger partial charge in [-0.25, -0.2) is 8.78 Å². The molecule has 0 radical (unpaired) electrons. The Morgan fingerprint density at radius 1 is 1.03 bits per heavy atom. The first kappa shape index (κ1) is 23.2. The third-order valence-corrected chi connectivity index (χ3v) is 6.05. The van der Waals surface area contributed by atoms with Crippen LogP contribution in [0, 0.1) is 11.6 Å². The molecule has 0 aliphatic carbocycles. The van der Waals surface area contributed by atoms with Crippen LogP contribution in [0.3, 0.4) is 0 Å². The number of hydrogen-bond acceptors (Lipinski definition) is 5. The first-order chi connectivity index (χ1) is 16.0. The van der Waals surface area contributed by atoms with E-state index in [-0.39, 0.29) is 18.1 Å². The first-order valence-corrected chi connectivity index (χ1v) is 11.2. The standard InChI is InChI=1S/C25H29F2N3O3/c1-32-21-6-8-24-23(17-21)30(25(31)18-33-24)11-3-10-29-14-12-28(13-15-29)9-2-4-19-16-20(26)5-7-22(19)27/h2,4-8,16-17H,3,9-15,18H2,1H3. The summed E-state index contributed by atoms with van der Waals surface area (Å²) in [6.07, 6.45) is 4.38. The number of amides is 1. The molecular formula is C25H29F2N3O3. The molecule has 1 saturated heterocycles. The fourth-order valence-corrected chi connectivity index (χ4v) is 4.17. The molecule has 0 saturated carbocycles. The number of piperazine rings is 1. The van der Waals surface area contributed by atoms with Crippen molar-refractivity contribution >= 4 is 17.7 Å². The van der Waals surface area contributed by atoms with Crippen molar-refractivity contribution in [3.8, 4) is 11.5 Å². The van der Waals surface area contributed by atoms with Crippen LogP contribution in [0.1, 0.15) is 12.0 Å². The second-order valence-corrected chi connectivity index (χ2v) is 8.23. The predicted octanol–water partition coefficient (Wildman–Crippen LogP) is 3.42. The van der Waals surface area contributed by atoms with Crippen LogP contribution in [0.4, 0.5) is 14.5 Å². The average Bonchev–Trinajstić information content (AvgIpc) is 2.83. The second kappa shape index (κ2) is 10.8. The third-order valence-electron chi connectivity index (χ3n) is 6.05. The summed E-state index contributed by atoms with van der Waals surface area (Å²) in [4.78, 5) is 18.9. The minimum absolute atomic E-state index is 0.0397. The normalized spacial score (nSPS) is 17.3. The lowest BCUT2D eigenvalue weighted by atomic mass is 10.2. The monoisotopic (exact) mass is 457 g/mol. The number of rotatable bonds is 8. The van der Waals surface area contributed by atoms with Gasteiger partial charge in [0.15, 0.2) is 6.61 Å². The third kappa shape index (κ3) is 5.89. The minimum atomic E-state index is -0.439. The van der Waals surface area contributed by atoms with Gasteiger partial charge in [0.2, 0.25) is 0 Å². The maximum Gasteiger partial charge on any atom is 0.265 e. The number of carbonyl (C=O) groups is 1. The summed E-state index contributed by atoms with van der Waals surface area (Å²) in [5.41, 5.74) is 1.03. The number of nitrogens with zero attached hydrogens (tertiary/aromatic N) is 3. The molecule has 0 N–H and O–H groups in total. The zero-order chi connectivity index (χ0) is 23.2. The molecule has 1 fully saturated rings. The molecule has 4 rings (SSSR count). The van der Waals surface area contributed by atoms with Crippen molar-refractivity contribution in [2.24, 2.45) is 0 Å². The van der Waals surface area contributed by atoms with Crippen LogP contribution in [0.25, 0.3) is 6.08 Å². The number of benzene rings is 2. The van der Waals surface area contributed by atoms with Gasteiger partial charge in [-0.05, 0) is 43.3 Å². The second-order valence-electron chi connectivity index (χ2n) is 8.23. The minimum Gasteiger partial charge on any atom is -0.497 e. The zero-order valence-corrected chi connectivity index (χ0v) is 18.8. The van der Waals surface area contributed by atoms with E-state index in [1.807, 2.05) is 24.3 Å². The maximum atomic E-state index is 13.7. The van der Waals surface area contributed by atoms with Crippen LogP contribution in [-0.2, 0) is 4.79 Å². The van der Waals surface area contributed by atoms with Gasteiger partial charge in [0.05, 0.1) is 12.8 Å². The van der Waals surface area contributed by atoms with Gasteiger partial charge < -0.3 is 19.3 Å². The summed E-state index contributed by atoms with van der Waals surface area (Å²) in [7, 11) is 1.60. The first-order valence-electron chi connectivity index (χ1n) is 11.2. The number of methoxy groups -OCH3 is 1. The Labute approximate surface area is 193 Å². The van der Waals surface area contributed by atoms with Crippen molar-refractivity contribution in [3.05, 3.63) is 59.7 Å². The van der Waals surface area contributed by atoms with E-state index in [4.69, 9.17) is 9.47 Å². The van der Waals surface area contributed by atoms with Crippen LogP contribution >= 0.6 is 0 Å². The SMILES string of the molecule is COc1ccc2c(c1)N(CCCN1CCN(CC=Cc3cc(F)ccc3F)CC1)C(=O)CO2. The van der Waals surface area contributed by atoms with Gasteiger partial charge in [-0.2, -0.15) is 0 Å². The molecule has 2 aliphatic heterocycles. The highest BCUT2D eigenvalue weighted by Crippen LogP contribution is 2.35. The molecule has 0 unspecified atom stereocenters. The zero-order valence-electron chi connectivity index (χ0n) is 18.8. The average molecular weight is 458 g/mol. The van der Waals surface area contributed by atoms with Crippen molar-refractivity contribution < 1.29 is 23.0 Å². The molecule has 8 heteroatoms. The molecule has 2 aromatic carbocycles. The van der Waals surface area contributed by atoms with Crippen molar-refractivity contribution in [1.82, 2.24) is 9.80 Å². The molecule has 33 heavy (non-hydrogen) atoms. The van der Waals surface area contributed by atoms with Crippen molar-refractivity contribution in [2.75, 3.05) is 64.4 Å². The Morgan fingerprint density at radius 3 is 2.61 bits per heavy atom. The predicted molar refractivity (Wildman–Crippen MR) is 124 cm³/mol. The van der Waals surface area contributed by atoms with E-state index >= 15 is 0 Å². The quantitative estimate of drug-likeness (QED) is 0.608. The lowest BCUT2D eigenvalue weighted by molar-refractivity contribution is -0.121. The summed E-state index contributed by atoms with van der Waals surface area (Å²) in [5.74, 6) is 0.503. The van der Waals surface area contributed by atoms with Crippen LogP contribution in [0.5, 0.6) is 11.5 Å². The highest BCUT2D eigenvalue weighted by atomic mass is 19.1. The Balaban J connectivity index is 1.22. The molecule has 0 bridgehead atoms. The van der Waals surface area contributed by atoms with E-state index in [2.05, 4.69) is 9.80 Å². The Morgan fingerprint density at radius 2 is 1.82 bits per heavy atom. The van der Waals surface area contributed by atoms with E-state index in [9.17, 15) is 13.6 Å². The van der Waals surface area contributed by atoms with Gasteiger partial charge in [0, 0.05) is 50.9 Å². The molecular weight excluding hydrogens is 428 g/mol. The van der Waals surface area contributed by atoms with Crippen LogP contribution in [0.2, 0.25) is 0 Å². The molecule has 0 atom stereocenters. The summed E-state index contributed by atoms with van der Waals surface area (Å²) in [6.45, 7) is 5.98. The Bertz CT molecular complexity index is 1010. The molecule has 6 nitrogen and oxygen atoms in total. The van der Waals surface area contributed by atoms with Gasteiger partial charge in [-0.15, -0.1) is 0 Å². The van der Waals surface area contributed by atoms with Crippen molar-refractivity contribution in [3.63, 3.8) is 0 Å². The summed E-state index contributed by atoms with van der Waals surface area (Å²) in [5, 5.41) is 0. The fraction of sp³-hybridized carbons (Fsp3) is 0.400. The number of ether oxygens (including phenoxy) is 2. The number of carbonyl (C=O) groups excluding carboxylic acids is 1. The summed E-state index contributed by atoms with van der Waals surface area (Å²) in [6, 6.07) is 8.98. The molecule has 1 amide bonds. The van der Waals surface area contributed by atoms with Gasteiger partial charge in [0.1, 0.15) is 23.1 Å². The fourth-order valence-electron chi connectivity index (χ4n) is 4.17. The molecule has 176 valence electrons. The van der Waals surface area contributed by atoms with E-state index in [0.717, 1.165) is 57.0 Å². The maximum absolute atomic E-state index is 13.7. The van der Waals surface area contributed by atoms with Crippen LogP contribution in [0.15, 0.2) is 42.5 Å². The van der Waals surface area contributed by atoms with Crippen LogP contribution < -0.4 is 14.4 Å². The van der Waals surface area contributed by atoms with E-state index < -0.39 is 11.6 Å². The van der Waals surface area contributed by atoms with Crippen molar-refractivity contribution in [1.29, 1.82) is 0 Å². The van der Waals surface area contributed by atoms with Gasteiger partial charge in [-0.1, -0.05) is 12.2 Å². The topological polar surface area (TPSA) is 45.2 Å². The van der Waals surface area contributed by atoms with Gasteiger partial charge in [-0.3, -0.25) is 9.69 Å². The molecule has 2 heterocycles. The van der Waals surface area contributed by atoms with E-state index in [1.165, 1.54) is 6.07 Å². The summed E-state index contributed by atoms with van der Waals surface area (Å²) >= 11 is 0. The lowest BCUT2D eigenvalue weighted by Gasteiger charge is -2.35.